The summed E-state index contributed by atoms with van der Waals surface area (Å²) in [4.78, 5) is 11.2. The van der Waals surface area contributed by atoms with Crippen molar-refractivity contribution in [1.82, 2.24) is 15.2 Å². The molecule has 1 aliphatic heterocycles. The first-order valence-corrected chi connectivity index (χ1v) is 9.85. The van der Waals surface area contributed by atoms with E-state index in [-0.39, 0.29) is 24.0 Å². The molecule has 158 valence electrons. The van der Waals surface area contributed by atoms with Gasteiger partial charge in [-0.1, -0.05) is 36.4 Å². The maximum atomic E-state index is 5.72. The van der Waals surface area contributed by atoms with Gasteiger partial charge in [0.15, 0.2) is 5.96 Å². The quantitative estimate of drug-likeness (QED) is 0.256. The van der Waals surface area contributed by atoms with E-state index < -0.39 is 0 Å². The summed E-state index contributed by atoms with van der Waals surface area (Å²) in [5.41, 5.74) is 2.42. The number of rotatable bonds is 8. The minimum atomic E-state index is 0. The van der Waals surface area contributed by atoms with E-state index in [1.54, 1.807) is 13.3 Å². The lowest BCUT2D eigenvalue weighted by molar-refractivity contribution is 0.143. The molecule has 1 N–H and O–H groups in total. The zero-order valence-corrected chi connectivity index (χ0v) is 19.5. The smallest absolute Gasteiger partial charge is 0.218 e. The molecule has 0 spiro atoms. The van der Waals surface area contributed by atoms with Crippen LogP contribution in [-0.2, 0) is 17.7 Å². The van der Waals surface area contributed by atoms with E-state index in [9.17, 15) is 0 Å². The van der Waals surface area contributed by atoms with Gasteiger partial charge in [0.2, 0.25) is 5.88 Å². The van der Waals surface area contributed by atoms with Gasteiger partial charge in [0.1, 0.15) is 6.61 Å². The Kier molecular flexibility index (Phi) is 10.2. The van der Waals surface area contributed by atoms with E-state index in [2.05, 4.69) is 50.5 Å². The molecule has 1 aliphatic rings. The summed E-state index contributed by atoms with van der Waals surface area (Å²) < 4.78 is 10.8. The molecule has 1 atom stereocenters. The molecule has 1 aromatic heterocycles. The Morgan fingerprint density at radius 2 is 2.03 bits per heavy atom. The SMILES string of the molecule is CN=C(NCc1cccnc1OCCOC)N1CCC(Cc2ccccc2)C1.I. The van der Waals surface area contributed by atoms with Gasteiger partial charge in [-0.15, -0.1) is 24.0 Å². The first kappa shape index (κ1) is 23.4. The lowest BCUT2D eigenvalue weighted by atomic mass is 9.99. The van der Waals surface area contributed by atoms with Gasteiger partial charge in [0.25, 0.3) is 0 Å². The second kappa shape index (κ2) is 12.6. The number of aliphatic imine (C=N–C) groups is 1. The third-order valence-corrected chi connectivity index (χ3v) is 4.98. The molecule has 3 rings (SSSR count). The van der Waals surface area contributed by atoms with Crippen molar-refractivity contribution in [2.75, 3.05) is 40.5 Å². The van der Waals surface area contributed by atoms with Crippen LogP contribution >= 0.6 is 24.0 Å². The lowest BCUT2D eigenvalue weighted by Gasteiger charge is -2.22. The van der Waals surface area contributed by atoms with Crippen molar-refractivity contribution >= 4 is 29.9 Å². The first-order chi connectivity index (χ1) is 13.8. The number of pyridine rings is 1. The highest BCUT2D eigenvalue weighted by molar-refractivity contribution is 14.0. The Morgan fingerprint density at radius 1 is 1.21 bits per heavy atom. The van der Waals surface area contributed by atoms with Crippen LogP contribution in [0.4, 0.5) is 0 Å². The van der Waals surface area contributed by atoms with E-state index in [1.165, 1.54) is 12.0 Å². The predicted octanol–water partition coefficient (Wildman–Crippen LogP) is 3.36. The number of aromatic nitrogens is 1. The third kappa shape index (κ3) is 7.15. The molecule has 29 heavy (non-hydrogen) atoms. The van der Waals surface area contributed by atoms with E-state index in [0.29, 0.717) is 31.6 Å². The van der Waals surface area contributed by atoms with E-state index >= 15 is 0 Å². The zero-order valence-electron chi connectivity index (χ0n) is 17.2. The Bertz CT molecular complexity index is 757. The fourth-order valence-corrected chi connectivity index (χ4v) is 3.56. The predicted molar refractivity (Wildman–Crippen MR) is 127 cm³/mol. The molecule has 0 saturated carbocycles. The summed E-state index contributed by atoms with van der Waals surface area (Å²) in [6.45, 7) is 3.72. The van der Waals surface area contributed by atoms with Gasteiger partial charge in [-0.3, -0.25) is 4.99 Å². The zero-order chi connectivity index (χ0) is 19.6. The first-order valence-electron chi connectivity index (χ1n) is 9.85. The number of benzene rings is 1. The summed E-state index contributed by atoms with van der Waals surface area (Å²) in [7, 11) is 3.50. The van der Waals surface area contributed by atoms with Crippen molar-refractivity contribution in [3.8, 4) is 5.88 Å². The van der Waals surface area contributed by atoms with Crippen molar-refractivity contribution in [1.29, 1.82) is 0 Å². The average Bonchev–Trinajstić information content (AvgIpc) is 3.18. The molecule has 1 unspecified atom stereocenters. The minimum Gasteiger partial charge on any atom is -0.475 e. The lowest BCUT2D eigenvalue weighted by Crippen LogP contribution is -2.39. The maximum absolute atomic E-state index is 5.72. The fourth-order valence-electron chi connectivity index (χ4n) is 3.56. The van der Waals surface area contributed by atoms with Gasteiger partial charge in [0, 0.05) is 45.6 Å². The Morgan fingerprint density at radius 3 is 2.79 bits per heavy atom. The van der Waals surface area contributed by atoms with Crippen molar-refractivity contribution in [3.63, 3.8) is 0 Å². The van der Waals surface area contributed by atoms with Crippen LogP contribution in [-0.4, -0.2) is 56.3 Å². The van der Waals surface area contributed by atoms with Gasteiger partial charge in [0.05, 0.1) is 6.61 Å². The third-order valence-electron chi connectivity index (χ3n) is 4.98. The molecule has 0 radical (unpaired) electrons. The summed E-state index contributed by atoms with van der Waals surface area (Å²) >= 11 is 0. The molecule has 2 aromatic rings. The summed E-state index contributed by atoms with van der Waals surface area (Å²) in [6.07, 6.45) is 4.05. The van der Waals surface area contributed by atoms with E-state index in [4.69, 9.17) is 9.47 Å². The Balaban J connectivity index is 0.00000300. The van der Waals surface area contributed by atoms with Crippen LogP contribution in [0.25, 0.3) is 0 Å². The highest BCUT2D eigenvalue weighted by Crippen LogP contribution is 2.21. The summed E-state index contributed by atoms with van der Waals surface area (Å²) in [5.74, 6) is 2.24. The van der Waals surface area contributed by atoms with Crippen molar-refractivity contribution in [3.05, 3.63) is 59.8 Å². The number of methoxy groups -OCH3 is 1. The van der Waals surface area contributed by atoms with Crippen LogP contribution in [0.5, 0.6) is 5.88 Å². The summed E-state index contributed by atoms with van der Waals surface area (Å²) in [6, 6.07) is 14.7. The van der Waals surface area contributed by atoms with Gasteiger partial charge in [-0.05, 0) is 30.4 Å². The topological polar surface area (TPSA) is 59.0 Å². The molecule has 1 fully saturated rings. The standard InChI is InChI=1S/C22H30N4O2.HI/c1-23-22(25-16-20-9-6-11-24-21(20)28-14-13-27-2)26-12-10-19(17-26)15-18-7-4-3-5-8-18;/h3-9,11,19H,10,12-17H2,1-2H3,(H,23,25);1H. The van der Waals surface area contributed by atoms with Gasteiger partial charge >= 0.3 is 0 Å². The van der Waals surface area contributed by atoms with Gasteiger partial charge in [-0.2, -0.15) is 0 Å². The number of ether oxygens (including phenoxy) is 2. The molecule has 7 heteroatoms. The molecule has 1 aromatic carbocycles. The normalized spacial score (nSPS) is 16.4. The minimum absolute atomic E-state index is 0. The van der Waals surface area contributed by atoms with Crippen LogP contribution in [0.2, 0.25) is 0 Å². The maximum Gasteiger partial charge on any atom is 0.218 e. The number of nitrogens with zero attached hydrogens (tertiary/aromatic N) is 3. The fraction of sp³-hybridized carbons (Fsp3) is 0.455. The molecule has 2 heterocycles. The largest absolute Gasteiger partial charge is 0.475 e. The highest BCUT2D eigenvalue weighted by atomic mass is 127. The Labute approximate surface area is 190 Å². The molecule has 1 saturated heterocycles. The van der Waals surface area contributed by atoms with Crippen LogP contribution in [0.1, 0.15) is 17.5 Å². The molecule has 0 bridgehead atoms. The van der Waals surface area contributed by atoms with E-state index in [1.807, 2.05) is 19.2 Å². The number of halogens is 1. The van der Waals surface area contributed by atoms with Crippen molar-refractivity contribution in [2.24, 2.45) is 10.9 Å². The second-order valence-corrected chi connectivity index (χ2v) is 7.00. The molecule has 0 amide bonds. The number of guanidine groups is 1. The van der Waals surface area contributed by atoms with Crippen LogP contribution in [0, 0.1) is 5.92 Å². The van der Waals surface area contributed by atoms with Gasteiger partial charge < -0.3 is 19.7 Å². The number of nitrogens with one attached hydrogen (secondary N) is 1. The number of likely N-dealkylation sites (tertiary alicyclic amines) is 1. The monoisotopic (exact) mass is 510 g/mol. The van der Waals surface area contributed by atoms with Crippen molar-refractivity contribution < 1.29 is 9.47 Å². The van der Waals surface area contributed by atoms with Crippen LogP contribution in [0.15, 0.2) is 53.7 Å². The van der Waals surface area contributed by atoms with Crippen molar-refractivity contribution in [2.45, 2.75) is 19.4 Å². The molecular formula is C22H31IN4O2. The number of hydrogen-bond acceptors (Lipinski definition) is 4. The molecular weight excluding hydrogens is 479 g/mol. The van der Waals surface area contributed by atoms with Gasteiger partial charge in [-0.25, -0.2) is 4.98 Å². The summed E-state index contributed by atoms with van der Waals surface area (Å²) in [5, 5.41) is 3.47. The second-order valence-electron chi connectivity index (χ2n) is 7.00. The number of hydrogen-bond donors (Lipinski definition) is 1. The molecule has 6 nitrogen and oxygen atoms in total. The Hall–Kier alpha value is -1.87. The van der Waals surface area contributed by atoms with Crippen LogP contribution < -0.4 is 10.1 Å². The molecule has 0 aliphatic carbocycles. The van der Waals surface area contributed by atoms with Crippen LogP contribution in [0.3, 0.4) is 0 Å². The van der Waals surface area contributed by atoms with E-state index in [0.717, 1.165) is 31.0 Å². The highest BCUT2D eigenvalue weighted by Gasteiger charge is 2.25. The average molecular weight is 510 g/mol.